The van der Waals surface area contributed by atoms with Crippen molar-refractivity contribution in [1.82, 2.24) is 0 Å². The molecule has 0 fully saturated rings. The number of anilines is 1. The maximum absolute atomic E-state index is 10.5. The minimum absolute atomic E-state index is 0.0257. The van der Waals surface area contributed by atoms with Crippen molar-refractivity contribution in [2.24, 2.45) is 5.73 Å². The van der Waals surface area contributed by atoms with Crippen LogP contribution in [0, 0.1) is 10.1 Å². The second-order valence-corrected chi connectivity index (χ2v) is 4.68. The van der Waals surface area contributed by atoms with Crippen LogP contribution >= 0.6 is 44.1 Å². The lowest BCUT2D eigenvalue weighted by Crippen LogP contribution is -2.19. The predicted molar refractivity (Wildman–Crippen MR) is 68.9 cm³/mol. The molecule has 0 spiro atoms. The molecule has 8 heteroatoms. The standard InChI is InChI=1S/C7H5Br2N3O2S/c8-4-1-3(12(13)14)2-5(9)6(4)11-7(10)15/h1-2H,(H3,10,11,15). The van der Waals surface area contributed by atoms with Gasteiger partial charge in [-0.15, -0.1) is 0 Å². The van der Waals surface area contributed by atoms with E-state index in [1.807, 2.05) is 0 Å². The molecular weight excluding hydrogens is 350 g/mol. The Morgan fingerprint density at radius 3 is 2.27 bits per heavy atom. The van der Waals surface area contributed by atoms with Gasteiger partial charge in [0.05, 0.1) is 10.6 Å². The topological polar surface area (TPSA) is 81.2 Å². The summed E-state index contributed by atoms with van der Waals surface area (Å²) in [4.78, 5) is 10.0. The Morgan fingerprint density at radius 2 is 1.93 bits per heavy atom. The van der Waals surface area contributed by atoms with Gasteiger partial charge in [0.1, 0.15) is 0 Å². The van der Waals surface area contributed by atoms with Gasteiger partial charge in [0.15, 0.2) is 5.11 Å². The number of hydrogen-bond donors (Lipinski definition) is 2. The minimum atomic E-state index is -0.486. The highest BCUT2D eigenvalue weighted by atomic mass is 79.9. The molecule has 0 radical (unpaired) electrons. The second-order valence-electron chi connectivity index (χ2n) is 2.53. The zero-order valence-corrected chi connectivity index (χ0v) is 11.1. The molecule has 0 atom stereocenters. The van der Waals surface area contributed by atoms with Gasteiger partial charge in [-0.1, -0.05) is 0 Å². The summed E-state index contributed by atoms with van der Waals surface area (Å²) in [6.07, 6.45) is 0. The number of thiocarbonyl (C=S) groups is 1. The highest BCUT2D eigenvalue weighted by Gasteiger charge is 2.13. The summed E-state index contributed by atoms with van der Waals surface area (Å²) in [6, 6.07) is 2.73. The van der Waals surface area contributed by atoms with E-state index in [-0.39, 0.29) is 10.8 Å². The number of rotatable bonds is 2. The van der Waals surface area contributed by atoms with Crippen LogP contribution in [0.4, 0.5) is 11.4 Å². The Kier molecular flexibility index (Phi) is 4.00. The molecule has 5 nitrogen and oxygen atoms in total. The third-order valence-corrected chi connectivity index (χ3v) is 2.84. The lowest BCUT2D eigenvalue weighted by Gasteiger charge is -2.08. The van der Waals surface area contributed by atoms with Crippen LogP contribution in [0.3, 0.4) is 0 Å². The van der Waals surface area contributed by atoms with Crippen LogP contribution in [0.5, 0.6) is 0 Å². The first-order valence-corrected chi connectivity index (χ1v) is 5.61. The fraction of sp³-hybridized carbons (Fsp3) is 0. The quantitative estimate of drug-likeness (QED) is 0.485. The zero-order valence-electron chi connectivity index (χ0n) is 7.16. The fourth-order valence-electron chi connectivity index (χ4n) is 0.908. The maximum Gasteiger partial charge on any atom is 0.271 e. The largest absolute Gasteiger partial charge is 0.376 e. The Bertz CT molecular complexity index is 415. The molecule has 0 unspecified atom stereocenters. The number of nitro groups is 1. The van der Waals surface area contributed by atoms with Gasteiger partial charge in [-0.3, -0.25) is 10.1 Å². The minimum Gasteiger partial charge on any atom is -0.376 e. The molecule has 1 aromatic carbocycles. The van der Waals surface area contributed by atoms with Crippen molar-refractivity contribution in [2.45, 2.75) is 0 Å². The summed E-state index contributed by atoms with van der Waals surface area (Å²) in [6.45, 7) is 0. The Balaban J connectivity index is 3.21. The number of nitro benzene ring substituents is 1. The van der Waals surface area contributed by atoms with Crippen LogP contribution in [0.2, 0.25) is 0 Å². The number of nitrogens with two attached hydrogens (primary N) is 1. The highest BCUT2D eigenvalue weighted by molar-refractivity contribution is 9.11. The van der Waals surface area contributed by atoms with Gasteiger partial charge in [0.25, 0.3) is 5.69 Å². The molecular formula is C7H5Br2N3O2S. The van der Waals surface area contributed by atoms with Crippen LogP contribution in [0.15, 0.2) is 21.1 Å². The average molecular weight is 355 g/mol. The van der Waals surface area contributed by atoms with Crippen LogP contribution in [0.25, 0.3) is 0 Å². The molecule has 0 aromatic heterocycles. The lowest BCUT2D eigenvalue weighted by molar-refractivity contribution is -0.385. The van der Waals surface area contributed by atoms with Crippen molar-refractivity contribution in [2.75, 3.05) is 5.32 Å². The summed E-state index contributed by atoms with van der Waals surface area (Å²) in [7, 11) is 0. The van der Waals surface area contributed by atoms with E-state index in [0.717, 1.165) is 0 Å². The van der Waals surface area contributed by atoms with Crippen LogP contribution < -0.4 is 11.1 Å². The third kappa shape index (κ3) is 3.11. The molecule has 15 heavy (non-hydrogen) atoms. The van der Waals surface area contributed by atoms with E-state index < -0.39 is 4.92 Å². The molecule has 80 valence electrons. The zero-order chi connectivity index (χ0) is 11.6. The SMILES string of the molecule is NC(=S)Nc1c(Br)cc([N+](=O)[O-])cc1Br. The number of non-ortho nitro benzene ring substituents is 1. The molecule has 0 saturated carbocycles. The average Bonchev–Trinajstić information content (AvgIpc) is 2.10. The van der Waals surface area contributed by atoms with E-state index in [9.17, 15) is 10.1 Å². The normalized spacial score (nSPS) is 9.73. The first kappa shape index (κ1) is 12.3. The van der Waals surface area contributed by atoms with Crippen LogP contribution in [-0.2, 0) is 0 Å². The number of hydrogen-bond acceptors (Lipinski definition) is 3. The molecule has 0 saturated heterocycles. The predicted octanol–water partition coefficient (Wildman–Crippen LogP) is 2.78. The molecule has 0 aliphatic heterocycles. The molecule has 3 N–H and O–H groups in total. The van der Waals surface area contributed by atoms with Gasteiger partial charge in [0.2, 0.25) is 0 Å². The lowest BCUT2D eigenvalue weighted by atomic mass is 10.3. The number of halogens is 2. The maximum atomic E-state index is 10.5. The van der Waals surface area contributed by atoms with Gasteiger partial charge in [-0.25, -0.2) is 0 Å². The van der Waals surface area contributed by atoms with E-state index in [4.69, 9.17) is 5.73 Å². The molecule has 0 aliphatic rings. The van der Waals surface area contributed by atoms with Crippen molar-refractivity contribution in [3.8, 4) is 0 Å². The summed E-state index contributed by atoms with van der Waals surface area (Å²) in [5, 5.41) is 13.3. The number of nitrogens with zero attached hydrogens (tertiary/aromatic N) is 1. The fourth-order valence-corrected chi connectivity index (χ4v) is 2.37. The summed E-state index contributed by atoms with van der Waals surface area (Å²) in [5.41, 5.74) is 5.84. The van der Waals surface area contributed by atoms with E-state index >= 15 is 0 Å². The van der Waals surface area contributed by atoms with Crippen LogP contribution in [-0.4, -0.2) is 10.0 Å². The number of nitrogens with one attached hydrogen (secondary N) is 1. The van der Waals surface area contributed by atoms with E-state index in [1.54, 1.807) is 0 Å². The van der Waals surface area contributed by atoms with Crippen molar-refractivity contribution in [3.05, 3.63) is 31.2 Å². The highest BCUT2D eigenvalue weighted by Crippen LogP contribution is 2.34. The van der Waals surface area contributed by atoms with Crippen molar-refractivity contribution >= 4 is 60.6 Å². The van der Waals surface area contributed by atoms with Gasteiger partial charge in [-0.2, -0.15) is 0 Å². The first-order valence-electron chi connectivity index (χ1n) is 3.61. The van der Waals surface area contributed by atoms with Gasteiger partial charge < -0.3 is 11.1 Å². The van der Waals surface area contributed by atoms with Crippen molar-refractivity contribution < 1.29 is 4.92 Å². The summed E-state index contributed by atoms with van der Waals surface area (Å²) >= 11 is 11.0. The Labute approximate surface area is 107 Å². The monoisotopic (exact) mass is 353 g/mol. The Hall–Kier alpha value is -0.730. The third-order valence-electron chi connectivity index (χ3n) is 1.49. The van der Waals surface area contributed by atoms with Gasteiger partial charge >= 0.3 is 0 Å². The molecule has 0 amide bonds. The van der Waals surface area contributed by atoms with Crippen molar-refractivity contribution in [1.29, 1.82) is 0 Å². The summed E-state index contributed by atoms with van der Waals surface area (Å²) < 4.78 is 1.02. The van der Waals surface area contributed by atoms with Crippen LogP contribution in [0.1, 0.15) is 0 Å². The summed E-state index contributed by atoms with van der Waals surface area (Å²) in [5.74, 6) is 0. The molecule has 0 heterocycles. The van der Waals surface area contributed by atoms with Gasteiger partial charge in [-0.05, 0) is 44.1 Å². The molecule has 1 rings (SSSR count). The van der Waals surface area contributed by atoms with Crippen molar-refractivity contribution in [3.63, 3.8) is 0 Å². The first-order chi connectivity index (χ1) is 6.91. The molecule has 0 bridgehead atoms. The van der Waals surface area contributed by atoms with E-state index in [2.05, 4.69) is 49.4 Å². The smallest absolute Gasteiger partial charge is 0.271 e. The van der Waals surface area contributed by atoms with Gasteiger partial charge in [0, 0.05) is 21.1 Å². The molecule has 0 aliphatic carbocycles. The van der Waals surface area contributed by atoms with E-state index in [0.29, 0.717) is 14.6 Å². The van der Waals surface area contributed by atoms with E-state index in [1.165, 1.54) is 12.1 Å². The number of benzene rings is 1. The Morgan fingerprint density at radius 1 is 1.47 bits per heavy atom. The second kappa shape index (κ2) is 4.86. The molecule has 1 aromatic rings.